The van der Waals surface area contributed by atoms with Crippen LogP contribution in [0.15, 0.2) is 108 Å². The Morgan fingerprint density at radius 1 is 0.845 bits per heavy atom. The van der Waals surface area contributed by atoms with Crippen LogP contribution >= 0.6 is 35.3 Å². The zero-order chi connectivity index (χ0) is 40.2. The summed E-state index contributed by atoms with van der Waals surface area (Å²) in [6, 6.07) is 36.6. The number of thioether (sulfide) groups is 1. The van der Waals surface area contributed by atoms with E-state index in [2.05, 4.69) is 103 Å². The van der Waals surface area contributed by atoms with Crippen LogP contribution in [0.3, 0.4) is 0 Å². The fourth-order valence-electron chi connectivity index (χ4n) is 8.66. The Morgan fingerprint density at radius 3 is 2.21 bits per heavy atom. The van der Waals surface area contributed by atoms with E-state index in [1.165, 1.54) is 63.1 Å². The molecule has 3 aliphatic rings. The summed E-state index contributed by atoms with van der Waals surface area (Å²) in [5, 5.41) is 9.78. The molecule has 7 nitrogen and oxygen atoms in total. The fourth-order valence-corrected chi connectivity index (χ4v) is 11.2. The highest BCUT2D eigenvalue weighted by molar-refractivity contribution is 8.30. The Bertz CT molecular complexity index is 2500. The smallest absolute Gasteiger partial charge is 0.323 e. The Balaban J connectivity index is 1.09. The number of carboxylic acid groups (broad SMARTS) is 1. The van der Waals surface area contributed by atoms with Gasteiger partial charge in [-0.3, -0.25) is 23.9 Å². The second-order valence-corrected chi connectivity index (χ2v) is 18.0. The number of carbonyl (C=O) groups is 2. The van der Waals surface area contributed by atoms with Crippen molar-refractivity contribution in [3.8, 4) is 0 Å². The number of unbranched alkanes of at least 4 members (excludes halogenated alkanes) is 5. The Labute approximate surface area is 353 Å². The van der Waals surface area contributed by atoms with Crippen molar-refractivity contribution in [2.75, 3.05) is 11.4 Å². The summed E-state index contributed by atoms with van der Waals surface area (Å²) in [5.74, 6) is -1.02. The average molecular weight is 826 g/mol. The Kier molecular flexibility index (Phi) is 12.2. The van der Waals surface area contributed by atoms with E-state index >= 15 is 0 Å². The molecule has 58 heavy (non-hydrogen) atoms. The van der Waals surface area contributed by atoms with E-state index in [0.717, 1.165) is 67.1 Å². The summed E-state index contributed by atoms with van der Waals surface area (Å²) in [4.78, 5) is 43.9. The van der Waals surface area contributed by atoms with E-state index in [4.69, 9.17) is 12.2 Å². The molecule has 0 radical (unpaired) electrons. The second kappa shape index (κ2) is 17.9. The lowest BCUT2D eigenvalue weighted by Gasteiger charge is -2.27. The molecule has 0 spiro atoms. The highest BCUT2D eigenvalue weighted by Gasteiger charge is 2.42. The molecule has 5 aromatic rings. The number of aliphatic carboxylic acids is 1. The molecule has 296 valence electrons. The van der Waals surface area contributed by atoms with Crippen LogP contribution in [0.2, 0.25) is 0 Å². The normalized spacial score (nSPS) is 18.5. The number of hydrogen-bond donors (Lipinski definition) is 1. The van der Waals surface area contributed by atoms with Gasteiger partial charge in [-0.25, -0.2) is 0 Å². The minimum absolute atomic E-state index is 0.253. The first kappa shape index (κ1) is 39.8. The van der Waals surface area contributed by atoms with Crippen molar-refractivity contribution >= 4 is 85.5 Å². The minimum Gasteiger partial charge on any atom is -0.480 e. The van der Waals surface area contributed by atoms with Crippen LogP contribution in [-0.4, -0.2) is 43.4 Å². The quantitative estimate of drug-likeness (QED) is 0.0679. The van der Waals surface area contributed by atoms with Gasteiger partial charge in [0, 0.05) is 29.9 Å². The van der Waals surface area contributed by atoms with Gasteiger partial charge in [-0.2, -0.15) is 0 Å². The molecule has 2 aliphatic heterocycles. The molecule has 0 bridgehead atoms. The van der Waals surface area contributed by atoms with Crippen LogP contribution in [0.5, 0.6) is 0 Å². The van der Waals surface area contributed by atoms with Gasteiger partial charge < -0.3 is 10.0 Å². The lowest BCUT2D eigenvalue weighted by Crippen LogP contribution is -2.35. The van der Waals surface area contributed by atoms with Crippen molar-refractivity contribution in [1.82, 2.24) is 9.47 Å². The van der Waals surface area contributed by atoms with Crippen molar-refractivity contribution < 1.29 is 14.7 Å². The third-order valence-electron chi connectivity index (χ3n) is 11.5. The number of carboxylic acids is 1. The van der Waals surface area contributed by atoms with Gasteiger partial charge in [0.1, 0.15) is 20.4 Å². The number of thiocarbonyl (C=S) groups is 1. The van der Waals surface area contributed by atoms with Gasteiger partial charge in [-0.15, -0.1) is 11.3 Å². The van der Waals surface area contributed by atoms with Gasteiger partial charge in [-0.05, 0) is 89.1 Å². The summed E-state index contributed by atoms with van der Waals surface area (Å²) < 4.78 is 2.41. The third kappa shape index (κ3) is 8.28. The molecule has 2 unspecified atom stereocenters. The number of hydrogen-bond acceptors (Lipinski definition) is 7. The summed E-state index contributed by atoms with van der Waals surface area (Å²) in [6.45, 7) is 2.18. The van der Waals surface area contributed by atoms with Gasteiger partial charge >= 0.3 is 5.97 Å². The molecule has 10 heteroatoms. The van der Waals surface area contributed by atoms with Gasteiger partial charge in [0.2, 0.25) is 0 Å². The minimum atomic E-state index is -1.14. The molecule has 1 N–H and O–H groups in total. The number of aromatic nitrogens is 1. The summed E-state index contributed by atoms with van der Waals surface area (Å²) in [6.07, 6.45) is 14.0. The molecule has 2 atom stereocenters. The SMILES string of the molecule is CCCCCCCCN1C(=O)/C(=c2\s/c(=C/c3ccc4c(c3)C3CCCC3N4c3ccc(C=C(c4ccccc4)c4ccccc4)cc3)c(=O)n2CC(=O)O)SC1=S. The van der Waals surface area contributed by atoms with E-state index in [0.29, 0.717) is 36.9 Å². The number of rotatable bonds is 14. The summed E-state index contributed by atoms with van der Waals surface area (Å²) >= 11 is 7.94. The zero-order valence-corrected chi connectivity index (χ0v) is 35.1. The van der Waals surface area contributed by atoms with Gasteiger partial charge in [0.25, 0.3) is 11.5 Å². The van der Waals surface area contributed by atoms with E-state index in [1.54, 1.807) is 4.90 Å². The first-order valence-electron chi connectivity index (χ1n) is 20.4. The first-order valence-corrected chi connectivity index (χ1v) is 22.4. The molecule has 1 aliphatic carbocycles. The predicted molar refractivity (Wildman–Crippen MR) is 243 cm³/mol. The number of carbonyl (C=O) groups excluding carboxylic acids is 1. The lowest BCUT2D eigenvalue weighted by atomic mass is 9.95. The van der Waals surface area contributed by atoms with E-state index in [9.17, 15) is 19.5 Å². The Morgan fingerprint density at radius 2 is 1.52 bits per heavy atom. The van der Waals surface area contributed by atoms with Crippen molar-refractivity contribution in [2.45, 2.75) is 83.2 Å². The Hall–Kier alpha value is -5.03. The van der Waals surface area contributed by atoms with Crippen LogP contribution in [-0.2, 0) is 16.1 Å². The first-order chi connectivity index (χ1) is 28.3. The summed E-state index contributed by atoms with van der Waals surface area (Å²) in [7, 11) is 0. The van der Waals surface area contributed by atoms with Crippen LogP contribution in [0.25, 0.3) is 22.6 Å². The number of fused-ring (bicyclic) bond motifs is 3. The highest BCUT2D eigenvalue weighted by Crippen LogP contribution is 2.52. The maximum Gasteiger partial charge on any atom is 0.323 e. The van der Waals surface area contributed by atoms with Crippen LogP contribution in [0, 0.1) is 0 Å². The molecule has 2 fully saturated rings. The standard InChI is InChI=1S/C48H47N3O4S3/c1-2-3-4-5-6-13-27-49-46(55)44(58-48(49)56)47-50(31-43(52)53)45(54)42(57-47)30-33-23-26-41-39(29-33)37-19-14-20-40(37)51(41)36-24-21-32(22-25-36)28-38(34-15-9-7-10-16-34)35-17-11-8-12-18-35/h7-12,15-18,21-26,28-30,37,40H,2-6,13-14,19-20,27,31H2,1H3,(H,52,53)/b42-30+,47-44+. The van der Waals surface area contributed by atoms with E-state index in [-0.39, 0.29) is 5.91 Å². The molecule has 1 saturated carbocycles. The van der Waals surface area contributed by atoms with Gasteiger partial charge in [-0.1, -0.05) is 148 Å². The highest BCUT2D eigenvalue weighted by atomic mass is 32.2. The largest absolute Gasteiger partial charge is 0.480 e. The number of amides is 1. The van der Waals surface area contributed by atoms with Gasteiger partial charge in [0.15, 0.2) is 0 Å². The molecule has 1 amide bonds. The molecule has 1 aromatic heterocycles. The average Bonchev–Trinajstić information content (AvgIpc) is 3.98. The van der Waals surface area contributed by atoms with Crippen molar-refractivity contribution in [3.05, 3.63) is 150 Å². The lowest BCUT2D eigenvalue weighted by molar-refractivity contribution is -0.137. The topological polar surface area (TPSA) is 82.9 Å². The van der Waals surface area contributed by atoms with Crippen molar-refractivity contribution in [3.63, 3.8) is 0 Å². The molecule has 1 saturated heterocycles. The fraction of sp³-hybridized carbons (Fsp3) is 0.292. The summed E-state index contributed by atoms with van der Waals surface area (Å²) in [5.41, 5.74) is 8.72. The maximum absolute atomic E-state index is 13.8. The van der Waals surface area contributed by atoms with Crippen molar-refractivity contribution in [2.24, 2.45) is 0 Å². The molecular formula is C48H47N3O4S3. The van der Waals surface area contributed by atoms with E-state index < -0.39 is 18.1 Å². The predicted octanol–water partition coefficient (Wildman–Crippen LogP) is 9.53. The van der Waals surface area contributed by atoms with Crippen LogP contribution in [0.1, 0.15) is 98.4 Å². The molecule has 4 aromatic carbocycles. The number of thiazole rings is 1. The van der Waals surface area contributed by atoms with E-state index in [1.807, 2.05) is 24.3 Å². The second-order valence-electron chi connectivity index (χ2n) is 15.3. The number of benzene rings is 4. The molecule has 8 rings (SSSR count). The van der Waals surface area contributed by atoms with Crippen molar-refractivity contribution in [1.29, 1.82) is 0 Å². The number of nitrogens with zero attached hydrogens (tertiary/aromatic N) is 3. The van der Waals surface area contributed by atoms with Crippen LogP contribution in [0.4, 0.5) is 11.4 Å². The third-order valence-corrected chi connectivity index (χ3v) is 14.1. The van der Waals surface area contributed by atoms with Gasteiger partial charge in [0.05, 0.1) is 4.53 Å². The number of anilines is 2. The van der Waals surface area contributed by atoms with Crippen LogP contribution < -0.4 is 19.7 Å². The zero-order valence-electron chi connectivity index (χ0n) is 32.6. The molecule has 3 heterocycles. The molecular weight excluding hydrogens is 779 g/mol. The maximum atomic E-state index is 13.8. The monoisotopic (exact) mass is 825 g/mol.